The molecule has 2 saturated heterocycles. The number of nitrogens with zero attached hydrogens (tertiary/aromatic N) is 9. The summed E-state index contributed by atoms with van der Waals surface area (Å²) in [5, 5.41) is 56.6. The number of nitrogens with two attached hydrogens (primary N) is 1. The lowest BCUT2D eigenvalue weighted by atomic mass is 9.91. The number of hydrogen-bond donors (Lipinski definition) is 6. The second-order valence-corrected chi connectivity index (χ2v) is 16.5. The molecule has 4 aromatic heterocycles. The standard InChI is InChI=1S/C41H50N12O6S/c1-22(2)36(41(58)52-20-26(54)15-32(52)40(57)47-23(3)29-18-45-30(19-44-29)38-24(4)46-21-60-38)34(56)17-35(42)59-14-13-51-11-9-25(10-12-51)53-31-16-28(27-7-5-6-8-33(27)55)48-49-37(31)39(43)50-53/h5-8,16-19,21-23,25-26,32,36,42,54-56H,9-15,20H2,1-4H3,(H2,43,50)(H,47,57)/b34-17-,42-35?/t23?,26-,32+,36?/m1/s1. The second kappa shape index (κ2) is 18.1. The van der Waals surface area contributed by atoms with Gasteiger partial charge in [-0.2, -0.15) is 5.10 Å². The number of phenolic OH excluding ortho intramolecular Hbond substituents is 1. The first kappa shape index (κ1) is 42.1. The summed E-state index contributed by atoms with van der Waals surface area (Å²) in [5.41, 5.74) is 12.4. The van der Waals surface area contributed by atoms with Crippen LogP contribution in [0.1, 0.15) is 63.5 Å². The van der Waals surface area contributed by atoms with Crippen LogP contribution in [0.25, 0.3) is 32.9 Å². The lowest BCUT2D eigenvalue weighted by Gasteiger charge is -2.32. The molecule has 2 unspecified atom stereocenters. The van der Waals surface area contributed by atoms with Crippen LogP contribution in [0, 0.1) is 24.2 Å². The number of likely N-dealkylation sites (tertiary alicyclic amines) is 2. The minimum atomic E-state index is -1.08. The molecule has 2 amide bonds. The quantitative estimate of drug-likeness (QED) is 0.0553. The molecule has 1 aromatic carbocycles. The molecule has 0 spiro atoms. The number of benzene rings is 1. The average molecular weight is 839 g/mol. The Morgan fingerprint density at radius 2 is 1.87 bits per heavy atom. The number of para-hydroxylation sites is 1. The molecule has 0 aliphatic carbocycles. The van der Waals surface area contributed by atoms with E-state index in [0.717, 1.165) is 48.1 Å². The zero-order valence-electron chi connectivity index (χ0n) is 33.9. The van der Waals surface area contributed by atoms with Crippen LogP contribution in [-0.4, -0.2) is 123 Å². The first-order valence-corrected chi connectivity index (χ1v) is 20.8. The second-order valence-electron chi connectivity index (χ2n) is 15.6. The van der Waals surface area contributed by atoms with Crippen molar-refractivity contribution in [3.63, 3.8) is 0 Å². The fourth-order valence-corrected chi connectivity index (χ4v) is 8.61. The maximum Gasteiger partial charge on any atom is 0.243 e. The molecular weight excluding hydrogens is 789 g/mol. The number of fused-ring (bicyclic) bond motifs is 1. The SMILES string of the molecule is Cc1ncsc1-c1cnc(C(C)NC(=O)[C@@H]2C[C@@H](O)CN2C(=O)C(/C(O)=C/C(=N)OCCN2CCC(n3nc(N)c4nnc(-c5ccccc5O)cc43)CC2)C(C)C)cn1. The molecule has 0 saturated carbocycles. The summed E-state index contributed by atoms with van der Waals surface area (Å²) in [7, 11) is 0. The smallest absolute Gasteiger partial charge is 0.243 e. The molecule has 316 valence electrons. The molecule has 7 rings (SSSR count). The summed E-state index contributed by atoms with van der Waals surface area (Å²) < 4.78 is 7.57. The number of piperidine rings is 1. The van der Waals surface area contributed by atoms with Gasteiger partial charge in [-0.25, -0.2) is 4.98 Å². The largest absolute Gasteiger partial charge is 0.511 e. The molecule has 18 nitrogen and oxygen atoms in total. The van der Waals surface area contributed by atoms with E-state index in [0.29, 0.717) is 40.5 Å². The number of thiazole rings is 1. The van der Waals surface area contributed by atoms with Gasteiger partial charge in [0.25, 0.3) is 0 Å². The van der Waals surface area contributed by atoms with Crippen LogP contribution in [0.2, 0.25) is 0 Å². The zero-order valence-corrected chi connectivity index (χ0v) is 34.7. The number of amides is 2. The van der Waals surface area contributed by atoms with Gasteiger partial charge in [0, 0.05) is 44.2 Å². The summed E-state index contributed by atoms with van der Waals surface area (Å²) in [4.78, 5) is 45.2. The van der Waals surface area contributed by atoms with E-state index in [9.17, 15) is 24.9 Å². The maximum atomic E-state index is 14.0. The van der Waals surface area contributed by atoms with E-state index >= 15 is 0 Å². The molecule has 19 heteroatoms. The number of carbonyl (C=O) groups is 2. The van der Waals surface area contributed by atoms with Gasteiger partial charge in [-0.15, -0.1) is 21.5 Å². The molecular formula is C41H50N12O6S. The number of ether oxygens (including phenoxy) is 1. The van der Waals surface area contributed by atoms with Crippen LogP contribution in [0.15, 0.2) is 60.1 Å². The van der Waals surface area contributed by atoms with Crippen molar-refractivity contribution >= 4 is 45.9 Å². The van der Waals surface area contributed by atoms with E-state index < -0.39 is 41.8 Å². The van der Waals surface area contributed by atoms with Crippen molar-refractivity contribution in [2.75, 3.05) is 38.5 Å². The van der Waals surface area contributed by atoms with Crippen molar-refractivity contribution in [2.45, 2.75) is 71.2 Å². The number of hydrogen-bond acceptors (Lipinski definition) is 16. The third-order valence-electron chi connectivity index (χ3n) is 11.1. The van der Waals surface area contributed by atoms with Crippen LogP contribution in [-0.2, 0) is 14.3 Å². The van der Waals surface area contributed by atoms with Gasteiger partial charge < -0.3 is 36.0 Å². The van der Waals surface area contributed by atoms with Crippen LogP contribution in [0.3, 0.4) is 0 Å². The lowest BCUT2D eigenvalue weighted by molar-refractivity contribution is -0.142. The molecule has 4 atom stereocenters. The van der Waals surface area contributed by atoms with Crippen molar-refractivity contribution in [1.29, 1.82) is 5.41 Å². The first-order valence-electron chi connectivity index (χ1n) is 19.9. The topological polar surface area (TPSA) is 255 Å². The Morgan fingerprint density at radius 3 is 2.55 bits per heavy atom. The molecule has 2 aliphatic rings. The number of nitrogen functional groups attached to an aromatic ring is 1. The number of aromatic hydroxyl groups is 1. The maximum absolute atomic E-state index is 14.0. The lowest BCUT2D eigenvalue weighted by Crippen LogP contribution is -2.49. The first-order chi connectivity index (χ1) is 28.8. The molecule has 0 bridgehead atoms. The Morgan fingerprint density at radius 1 is 1.10 bits per heavy atom. The van der Waals surface area contributed by atoms with Crippen molar-refractivity contribution in [2.24, 2.45) is 11.8 Å². The molecule has 60 heavy (non-hydrogen) atoms. The van der Waals surface area contributed by atoms with Gasteiger partial charge in [-0.05, 0) is 50.8 Å². The molecule has 7 N–H and O–H groups in total. The number of carbonyl (C=O) groups excluding carboxylic acids is 2. The number of aryl methyl sites for hydroxylation is 1. The van der Waals surface area contributed by atoms with E-state index in [1.54, 1.807) is 56.9 Å². The summed E-state index contributed by atoms with van der Waals surface area (Å²) in [6.07, 6.45) is 5.02. The highest BCUT2D eigenvalue weighted by Gasteiger charge is 2.43. The number of phenols is 1. The number of nitrogens with one attached hydrogen (secondary N) is 2. The van der Waals surface area contributed by atoms with Gasteiger partial charge in [-0.1, -0.05) is 26.0 Å². The van der Waals surface area contributed by atoms with E-state index in [1.807, 2.05) is 23.7 Å². The molecule has 6 heterocycles. The summed E-state index contributed by atoms with van der Waals surface area (Å²) >= 11 is 1.47. The van der Waals surface area contributed by atoms with Crippen molar-refractivity contribution in [3.8, 4) is 27.6 Å². The van der Waals surface area contributed by atoms with E-state index in [-0.39, 0.29) is 43.0 Å². The molecule has 2 aliphatic heterocycles. The van der Waals surface area contributed by atoms with E-state index in [4.69, 9.17) is 15.9 Å². The highest BCUT2D eigenvalue weighted by Crippen LogP contribution is 2.33. The Kier molecular flexibility index (Phi) is 12.7. The Labute approximate surface area is 350 Å². The van der Waals surface area contributed by atoms with Gasteiger partial charge in [0.1, 0.15) is 29.9 Å². The summed E-state index contributed by atoms with van der Waals surface area (Å²) in [6, 6.07) is 7.34. The predicted octanol–water partition coefficient (Wildman–Crippen LogP) is 4.19. The number of aliphatic hydroxyl groups excluding tert-OH is 2. The van der Waals surface area contributed by atoms with Crippen molar-refractivity contribution < 1.29 is 29.6 Å². The van der Waals surface area contributed by atoms with Crippen LogP contribution in [0.4, 0.5) is 5.82 Å². The minimum absolute atomic E-state index is 0.0346. The van der Waals surface area contributed by atoms with Gasteiger partial charge >= 0.3 is 0 Å². The molecule has 5 aromatic rings. The summed E-state index contributed by atoms with van der Waals surface area (Å²) in [5.74, 6) is -2.73. The van der Waals surface area contributed by atoms with Gasteiger partial charge in [0.05, 0.1) is 69.5 Å². The number of β-amino-alcohol motifs (C(OH)–C–C–N with tert-alkyl or cyclic N) is 1. The number of rotatable bonds is 13. The Bertz CT molecular complexity index is 2370. The number of anilines is 1. The molecule has 0 radical (unpaired) electrons. The Hall–Kier alpha value is -6.05. The Balaban J connectivity index is 0.913. The predicted molar refractivity (Wildman–Crippen MR) is 225 cm³/mol. The number of aromatic nitrogens is 7. The third kappa shape index (κ3) is 9.07. The van der Waals surface area contributed by atoms with Crippen LogP contribution in [0.5, 0.6) is 5.75 Å². The molecule has 2 fully saturated rings. The van der Waals surface area contributed by atoms with Gasteiger partial charge in [0.2, 0.25) is 17.7 Å². The van der Waals surface area contributed by atoms with Gasteiger partial charge in [0.15, 0.2) is 11.3 Å². The fraction of sp³-hybridized carbons (Fsp3) is 0.439. The summed E-state index contributed by atoms with van der Waals surface area (Å²) in [6.45, 7) is 9.30. The van der Waals surface area contributed by atoms with Gasteiger partial charge in [-0.3, -0.25) is 34.5 Å². The highest BCUT2D eigenvalue weighted by atomic mass is 32.1. The normalized spacial score (nSPS) is 18.8. The van der Waals surface area contributed by atoms with Crippen molar-refractivity contribution in [3.05, 3.63) is 71.5 Å². The fourth-order valence-electron chi connectivity index (χ4n) is 7.84. The monoisotopic (exact) mass is 838 g/mol. The van der Waals surface area contributed by atoms with E-state index in [2.05, 4.69) is 40.5 Å². The number of aliphatic hydroxyl groups is 2. The highest BCUT2D eigenvalue weighted by molar-refractivity contribution is 7.13. The average Bonchev–Trinajstić information content (AvgIpc) is 3.94. The minimum Gasteiger partial charge on any atom is -0.511 e. The zero-order chi connectivity index (χ0) is 42.7. The third-order valence-corrected chi connectivity index (χ3v) is 12.0. The van der Waals surface area contributed by atoms with Crippen LogP contribution >= 0.6 is 11.3 Å². The van der Waals surface area contributed by atoms with E-state index in [1.165, 1.54) is 16.2 Å². The van der Waals surface area contributed by atoms with Crippen LogP contribution < -0.4 is 11.1 Å². The van der Waals surface area contributed by atoms with Crippen molar-refractivity contribution in [1.82, 2.24) is 50.0 Å².